The predicted octanol–water partition coefficient (Wildman–Crippen LogP) is 1.71. The Balaban J connectivity index is 2.52. The van der Waals surface area contributed by atoms with E-state index in [9.17, 15) is 9.59 Å². The SMILES string of the molecule is COc1ccc2c(C(=O)N(C)CC(=O)O)cc(C)nc2c1. The zero-order valence-electron chi connectivity index (χ0n) is 12.1. The summed E-state index contributed by atoms with van der Waals surface area (Å²) in [4.78, 5) is 28.7. The van der Waals surface area contributed by atoms with Crippen LogP contribution in [0.2, 0.25) is 0 Å². The van der Waals surface area contributed by atoms with Crippen LogP contribution in [-0.4, -0.2) is 47.6 Å². The molecule has 2 aromatic rings. The number of carbonyl (C=O) groups excluding carboxylic acids is 1. The molecule has 0 aliphatic heterocycles. The quantitative estimate of drug-likeness (QED) is 0.926. The highest BCUT2D eigenvalue weighted by Gasteiger charge is 2.18. The van der Waals surface area contributed by atoms with Gasteiger partial charge >= 0.3 is 5.97 Å². The molecule has 1 heterocycles. The van der Waals surface area contributed by atoms with Gasteiger partial charge in [0.25, 0.3) is 5.91 Å². The minimum absolute atomic E-state index is 0.349. The molecular weight excluding hydrogens is 272 g/mol. The Hall–Kier alpha value is -2.63. The fraction of sp³-hybridized carbons (Fsp3) is 0.267. The molecule has 2 rings (SSSR count). The van der Waals surface area contributed by atoms with E-state index in [2.05, 4.69) is 4.98 Å². The number of pyridine rings is 1. The molecule has 1 aromatic carbocycles. The van der Waals surface area contributed by atoms with Crippen LogP contribution >= 0.6 is 0 Å². The van der Waals surface area contributed by atoms with Crippen molar-refractivity contribution in [3.05, 3.63) is 35.5 Å². The van der Waals surface area contributed by atoms with E-state index < -0.39 is 5.97 Å². The standard InChI is InChI=1S/C15H16N2O4/c1-9-6-12(15(20)17(2)8-14(18)19)11-5-4-10(21-3)7-13(11)16-9/h4-7H,8H2,1-3H3,(H,18,19). The zero-order chi connectivity index (χ0) is 15.6. The summed E-state index contributed by atoms with van der Waals surface area (Å²) in [5.41, 5.74) is 1.76. The van der Waals surface area contributed by atoms with E-state index in [-0.39, 0.29) is 12.5 Å². The molecular formula is C15H16N2O4. The van der Waals surface area contributed by atoms with E-state index >= 15 is 0 Å². The van der Waals surface area contributed by atoms with Crippen LogP contribution in [0.4, 0.5) is 0 Å². The number of carboxylic acid groups (broad SMARTS) is 1. The molecule has 0 radical (unpaired) electrons. The van der Waals surface area contributed by atoms with Gasteiger partial charge in [0.05, 0.1) is 18.2 Å². The number of aromatic nitrogens is 1. The van der Waals surface area contributed by atoms with Crippen molar-refractivity contribution in [2.24, 2.45) is 0 Å². The van der Waals surface area contributed by atoms with Crippen molar-refractivity contribution in [3.8, 4) is 5.75 Å². The number of methoxy groups -OCH3 is 1. The Morgan fingerprint density at radius 1 is 1.33 bits per heavy atom. The first-order valence-corrected chi connectivity index (χ1v) is 6.35. The van der Waals surface area contributed by atoms with Crippen molar-refractivity contribution in [2.75, 3.05) is 20.7 Å². The highest BCUT2D eigenvalue weighted by Crippen LogP contribution is 2.24. The second-order valence-electron chi connectivity index (χ2n) is 4.75. The first kappa shape index (κ1) is 14.8. The van der Waals surface area contributed by atoms with E-state index in [4.69, 9.17) is 9.84 Å². The topological polar surface area (TPSA) is 79.7 Å². The van der Waals surface area contributed by atoms with Crippen molar-refractivity contribution in [3.63, 3.8) is 0 Å². The highest BCUT2D eigenvalue weighted by atomic mass is 16.5. The van der Waals surface area contributed by atoms with Crippen molar-refractivity contribution in [1.82, 2.24) is 9.88 Å². The number of hydrogen-bond donors (Lipinski definition) is 1. The number of hydrogen-bond acceptors (Lipinski definition) is 4. The molecule has 0 aliphatic rings. The summed E-state index contributed by atoms with van der Waals surface area (Å²) in [6, 6.07) is 6.90. The summed E-state index contributed by atoms with van der Waals surface area (Å²) in [5.74, 6) is -0.751. The van der Waals surface area contributed by atoms with Gasteiger partial charge in [0.15, 0.2) is 0 Å². The molecule has 1 N–H and O–H groups in total. The summed E-state index contributed by atoms with van der Waals surface area (Å²) < 4.78 is 5.15. The molecule has 0 bridgehead atoms. The first-order chi connectivity index (χ1) is 9.92. The van der Waals surface area contributed by atoms with Gasteiger partial charge in [0, 0.05) is 24.2 Å². The van der Waals surface area contributed by atoms with Gasteiger partial charge in [-0.05, 0) is 25.1 Å². The lowest BCUT2D eigenvalue weighted by Gasteiger charge is -2.16. The van der Waals surface area contributed by atoms with E-state index in [1.54, 1.807) is 38.3 Å². The maximum absolute atomic E-state index is 12.4. The number of amides is 1. The maximum Gasteiger partial charge on any atom is 0.323 e. The number of likely N-dealkylation sites (N-methyl/N-ethyl adjacent to an activating group) is 1. The molecule has 0 spiro atoms. The largest absolute Gasteiger partial charge is 0.497 e. The van der Waals surface area contributed by atoms with Gasteiger partial charge in [0.2, 0.25) is 0 Å². The van der Waals surface area contributed by atoms with Crippen molar-refractivity contribution in [2.45, 2.75) is 6.92 Å². The number of nitrogens with zero attached hydrogens (tertiary/aromatic N) is 2. The number of aliphatic carboxylic acids is 1. The Kier molecular flexibility index (Phi) is 4.07. The number of aryl methyl sites for hydroxylation is 1. The molecule has 1 amide bonds. The highest BCUT2D eigenvalue weighted by molar-refractivity contribution is 6.07. The number of carbonyl (C=O) groups is 2. The molecule has 0 atom stereocenters. The van der Waals surface area contributed by atoms with Gasteiger partial charge in [-0.25, -0.2) is 0 Å². The second-order valence-corrected chi connectivity index (χ2v) is 4.75. The molecule has 0 saturated carbocycles. The fourth-order valence-electron chi connectivity index (χ4n) is 2.12. The number of rotatable bonds is 4. The number of benzene rings is 1. The lowest BCUT2D eigenvalue weighted by atomic mass is 10.1. The summed E-state index contributed by atoms with van der Waals surface area (Å²) in [6.07, 6.45) is 0. The third-order valence-electron chi connectivity index (χ3n) is 3.09. The zero-order valence-corrected chi connectivity index (χ0v) is 12.1. The van der Waals surface area contributed by atoms with E-state index in [0.29, 0.717) is 27.9 Å². The normalized spacial score (nSPS) is 10.4. The number of ether oxygens (including phenoxy) is 1. The molecule has 21 heavy (non-hydrogen) atoms. The lowest BCUT2D eigenvalue weighted by molar-refractivity contribution is -0.137. The molecule has 0 saturated heterocycles. The number of carboxylic acids is 1. The van der Waals surface area contributed by atoms with E-state index in [0.717, 1.165) is 0 Å². The molecule has 110 valence electrons. The summed E-state index contributed by atoms with van der Waals surface area (Å²) in [5, 5.41) is 9.46. The average molecular weight is 288 g/mol. The Morgan fingerprint density at radius 2 is 2.05 bits per heavy atom. The van der Waals surface area contributed by atoms with Crippen LogP contribution in [-0.2, 0) is 4.79 Å². The Bertz CT molecular complexity index is 712. The van der Waals surface area contributed by atoms with Gasteiger partial charge in [-0.2, -0.15) is 0 Å². The molecule has 6 heteroatoms. The summed E-state index contributed by atoms with van der Waals surface area (Å²) >= 11 is 0. The maximum atomic E-state index is 12.4. The Morgan fingerprint density at radius 3 is 2.67 bits per heavy atom. The third-order valence-corrected chi connectivity index (χ3v) is 3.09. The van der Waals surface area contributed by atoms with Gasteiger partial charge < -0.3 is 14.7 Å². The van der Waals surface area contributed by atoms with E-state index in [1.165, 1.54) is 11.9 Å². The molecule has 0 aliphatic carbocycles. The molecule has 6 nitrogen and oxygen atoms in total. The van der Waals surface area contributed by atoms with Crippen LogP contribution in [0.3, 0.4) is 0 Å². The molecule has 1 aromatic heterocycles. The minimum Gasteiger partial charge on any atom is -0.497 e. The van der Waals surface area contributed by atoms with Crippen molar-refractivity contribution < 1.29 is 19.4 Å². The average Bonchev–Trinajstić information content (AvgIpc) is 2.44. The van der Waals surface area contributed by atoms with Crippen molar-refractivity contribution in [1.29, 1.82) is 0 Å². The minimum atomic E-state index is -1.05. The van der Waals surface area contributed by atoms with Gasteiger partial charge in [-0.15, -0.1) is 0 Å². The van der Waals surface area contributed by atoms with Crippen LogP contribution in [0.1, 0.15) is 16.1 Å². The molecule has 0 fully saturated rings. The predicted molar refractivity (Wildman–Crippen MR) is 77.6 cm³/mol. The summed E-state index contributed by atoms with van der Waals surface area (Å²) in [7, 11) is 3.02. The third kappa shape index (κ3) is 3.10. The van der Waals surface area contributed by atoms with Gasteiger partial charge in [-0.1, -0.05) is 0 Å². The Labute approximate surface area is 122 Å². The fourth-order valence-corrected chi connectivity index (χ4v) is 2.12. The van der Waals surface area contributed by atoms with Crippen molar-refractivity contribution >= 4 is 22.8 Å². The van der Waals surface area contributed by atoms with Gasteiger partial charge in [0.1, 0.15) is 12.3 Å². The number of fused-ring (bicyclic) bond motifs is 1. The van der Waals surface area contributed by atoms with Gasteiger partial charge in [-0.3, -0.25) is 14.6 Å². The van der Waals surface area contributed by atoms with Crippen LogP contribution in [0.5, 0.6) is 5.75 Å². The smallest absolute Gasteiger partial charge is 0.323 e. The molecule has 0 unspecified atom stereocenters. The second kappa shape index (κ2) is 5.78. The van der Waals surface area contributed by atoms with Crippen LogP contribution in [0, 0.1) is 6.92 Å². The van der Waals surface area contributed by atoms with Crippen LogP contribution in [0.25, 0.3) is 10.9 Å². The van der Waals surface area contributed by atoms with E-state index in [1.807, 2.05) is 0 Å². The first-order valence-electron chi connectivity index (χ1n) is 6.35. The van der Waals surface area contributed by atoms with Crippen LogP contribution < -0.4 is 4.74 Å². The monoisotopic (exact) mass is 288 g/mol. The summed E-state index contributed by atoms with van der Waals surface area (Å²) in [6.45, 7) is 1.44. The van der Waals surface area contributed by atoms with Crippen LogP contribution in [0.15, 0.2) is 24.3 Å². The lowest BCUT2D eigenvalue weighted by Crippen LogP contribution is -2.32.